The quantitative estimate of drug-likeness (QED) is 0.0376. The van der Waals surface area contributed by atoms with Gasteiger partial charge in [-0.05, 0) is 12.8 Å². The average Bonchev–Trinajstić information content (AvgIpc) is 3.03. The summed E-state index contributed by atoms with van der Waals surface area (Å²) in [4.78, 5) is 66.2. The maximum absolute atomic E-state index is 12.5. The lowest BCUT2D eigenvalue weighted by Crippen LogP contribution is -2.41. The smallest absolute Gasteiger partial charge is 0.221 e. The third-order valence-electron chi connectivity index (χ3n) is 7.07. The Morgan fingerprint density at radius 3 is 1.43 bits per heavy atom. The summed E-state index contributed by atoms with van der Waals surface area (Å²) in [6.45, 7) is 9.16. The van der Waals surface area contributed by atoms with Crippen molar-refractivity contribution in [1.82, 2.24) is 36.0 Å². The Labute approximate surface area is 274 Å². The van der Waals surface area contributed by atoms with E-state index in [0.717, 1.165) is 19.4 Å². The van der Waals surface area contributed by atoms with Gasteiger partial charge in [-0.25, -0.2) is 0 Å². The Bertz CT molecular complexity index is 852. The highest BCUT2D eigenvalue weighted by Gasteiger charge is 2.14. The van der Waals surface area contributed by atoms with Crippen molar-refractivity contribution in [3.8, 4) is 0 Å². The van der Waals surface area contributed by atoms with Crippen molar-refractivity contribution in [2.45, 2.75) is 51.9 Å². The van der Waals surface area contributed by atoms with E-state index < -0.39 is 5.91 Å². The first kappa shape index (κ1) is 43.1. The number of nitrogens with two attached hydrogens (primary N) is 2. The van der Waals surface area contributed by atoms with Gasteiger partial charge < -0.3 is 57.3 Å². The van der Waals surface area contributed by atoms with Crippen LogP contribution in [0.25, 0.3) is 0 Å². The Morgan fingerprint density at radius 1 is 0.609 bits per heavy atom. The highest BCUT2D eigenvalue weighted by atomic mass is 16.5. The van der Waals surface area contributed by atoms with Crippen LogP contribution in [0.5, 0.6) is 0 Å². The molecule has 0 rings (SSSR count). The van der Waals surface area contributed by atoms with Crippen LogP contribution >= 0.6 is 0 Å². The molecule has 16 heteroatoms. The summed E-state index contributed by atoms with van der Waals surface area (Å²) in [5.74, 6) is -0.853. The van der Waals surface area contributed by atoms with E-state index in [1.807, 2.05) is 16.7 Å². The van der Waals surface area contributed by atoms with Gasteiger partial charge >= 0.3 is 0 Å². The van der Waals surface area contributed by atoms with Crippen molar-refractivity contribution >= 4 is 29.5 Å². The molecule has 9 N–H and O–H groups in total. The normalized spacial score (nSPS) is 11.2. The molecule has 0 unspecified atom stereocenters. The number of rotatable bonds is 31. The molecule has 0 heterocycles. The van der Waals surface area contributed by atoms with Crippen LogP contribution in [0.1, 0.15) is 51.9 Å². The number of ether oxygens (including phenoxy) is 1. The number of amides is 5. The van der Waals surface area contributed by atoms with Gasteiger partial charge in [-0.1, -0.05) is 6.92 Å². The highest BCUT2D eigenvalue weighted by Crippen LogP contribution is 1.98. The zero-order valence-corrected chi connectivity index (χ0v) is 28.2. The molecule has 0 aromatic heterocycles. The van der Waals surface area contributed by atoms with E-state index >= 15 is 0 Å². The largest absolute Gasteiger partial charge is 0.395 e. The molecule has 46 heavy (non-hydrogen) atoms. The first-order chi connectivity index (χ1) is 22.1. The van der Waals surface area contributed by atoms with Crippen LogP contribution in [-0.4, -0.2) is 161 Å². The number of hydrogen-bond acceptors (Lipinski definition) is 11. The molecule has 0 saturated heterocycles. The third kappa shape index (κ3) is 26.3. The molecule has 268 valence electrons. The van der Waals surface area contributed by atoms with Crippen molar-refractivity contribution in [1.29, 1.82) is 0 Å². The summed E-state index contributed by atoms with van der Waals surface area (Å²) < 4.78 is 5.12. The van der Waals surface area contributed by atoms with Crippen molar-refractivity contribution in [2.24, 2.45) is 11.5 Å². The van der Waals surface area contributed by atoms with Gasteiger partial charge in [0, 0.05) is 137 Å². The number of nitrogens with zero attached hydrogens (tertiary/aromatic N) is 3. The molecule has 0 aliphatic heterocycles. The lowest BCUT2D eigenvalue weighted by atomic mass is 10.3. The van der Waals surface area contributed by atoms with E-state index in [1.54, 1.807) is 7.11 Å². The van der Waals surface area contributed by atoms with Gasteiger partial charge in [0.25, 0.3) is 0 Å². The van der Waals surface area contributed by atoms with E-state index in [0.29, 0.717) is 98.0 Å². The van der Waals surface area contributed by atoms with Crippen LogP contribution < -0.4 is 32.7 Å². The summed E-state index contributed by atoms with van der Waals surface area (Å²) in [5.41, 5.74) is 11.0. The Hall–Kier alpha value is -2.89. The number of primary amides is 1. The number of carbonyl (C=O) groups is 5. The number of aliphatic hydroxyl groups excluding tert-OH is 1. The van der Waals surface area contributed by atoms with E-state index in [2.05, 4.69) is 26.2 Å². The van der Waals surface area contributed by atoms with Crippen molar-refractivity contribution in [3.05, 3.63) is 0 Å². The summed E-state index contributed by atoms with van der Waals surface area (Å²) >= 11 is 0. The highest BCUT2D eigenvalue weighted by molar-refractivity contribution is 5.77. The second-order valence-electron chi connectivity index (χ2n) is 11.0. The van der Waals surface area contributed by atoms with E-state index in [-0.39, 0.29) is 56.0 Å². The molecule has 5 amide bonds. The van der Waals surface area contributed by atoms with Crippen LogP contribution in [0, 0.1) is 0 Å². The molecule has 0 aromatic rings. The number of nitrogens with one attached hydrogen (secondary N) is 4. The second kappa shape index (κ2) is 29.5. The molecule has 0 saturated carbocycles. The Morgan fingerprint density at radius 2 is 1.02 bits per heavy atom. The minimum absolute atomic E-state index is 0.0553. The minimum Gasteiger partial charge on any atom is -0.395 e. The number of hydrogen-bond donors (Lipinski definition) is 7. The van der Waals surface area contributed by atoms with Crippen LogP contribution in [-0.2, 0) is 28.7 Å². The molecular formula is C30H61N9O7. The predicted octanol–water partition coefficient (Wildman–Crippen LogP) is -2.81. The van der Waals surface area contributed by atoms with Crippen molar-refractivity contribution in [3.63, 3.8) is 0 Å². The molecule has 16 nitrogen and oxygen atoms in total. The fourth-order valence-electron chi connectivity index (χ4n) is 4.45. The van der Waals surface area contributed by atoms with Gasteiger partial charge in [-0.2, -0.15) is 0 Å². The average molecular weight is 660 g/mol. The first-order valence-corrected chi connectivity index (χ1v) is 16.5. The van der Waals surface area contributed by atoms with E-state index in [1.165, 1.54) is 0 Å². The molecule has 0 atom stereocenters. The predicted molar refractivity (Wildman–Crippen MR) is 177 cm³/mol. The Kier molecular flexibility index (Phi) is 27.7. The standard InChI is InChI=1S/C30H61N9O7/c1-3-11-33-27(42)9-20-39(16-5-26(32)41)23-13-35-29(44)8-19-38(21-10-31)18-7-28(43)34-12-22-37(15-4-25-46-2)17-6-30(45)36-14-24-40/h40H,3-25,31H2,1-2H3,(H2,32,41)(H,33,42)(H,34,43)(H,35,44)(H,36,45). The van der Waals surface area contributed by atoms with Gasteiger partial charge in [0.15, 0.2) is 0 Å². The lowest BCUT2D eigenvalue weighted by molar-refractivity contribution is -0.123. The number of carbonyl (C=O) groups excluding carboxylic acids is 5. The second-order valence-corrected chi connectivity index (χ2v) is 11.0. The third-order valence-corrected chi connectivity index (χ3v) is 7.07. The molecule has 0 aliphatic rings. The number of aliphatic hydroxyl groups is 1. The zero-order chi connectivity index (χ0) is 34.4. The lowest BCUT2D eigenvalue weighted by Gasteiger charge is -2.23. The molecule has 0 fully saturated rings. The van der Waals surface area contributed by atoms with E-state index in [4.69, 9.17) is 21.3 Å². The molecule has 0 aromatic carbocycles. The topological polar surface area (TPSA) is 225 Å². The summed E-state index contributed by atoms with van der Waals surface area (Å²) in [7, 11) is 1.64. The van der Waals surface area contributed by atoms with Gasteiger partial charge in [0.05, 0.1) is 6.61 Å². The molecule has 0 radical (unpaired) electrons. The van der Waals surface area contributed by atoms with Crippen LogP contribution in [0.15, 0.2) is 0 Å². The fraction of sp³-hybridized carbons (Fsp3) is 0.833. The maximum atomic E-state index is 12.5. The van der Waals surface area contributed by atoms with Crippen LogP contribution in [0.2, 0.25) is 0 Å². The molecule has 0 bridgehead atoms. The fourth-order valence-corrected chi connectivity index (χ4v) is 4.45. The van der Waals surface area contributed by atoms with Gasteiger partial charge in [-0.15, -0.1) is 0 Å². The molecular weight excluding hydrogens is 598 g/mol. The summed E-state index contributed by atoms with van der Waals surface area (Å²) in [5, 5.41) is 20.1. The van der Waals surface area contributed by atoms with Crippen LogP contribution in [0.4, 0.5) is 0 Å². The summed E-state index contributed by atoms with van der Waals surface area (Å²) in [6.07, 6.45) is 2.92. The van der Waals surface area contributed by atoms with E-state index in [9.17, 15) is 24.0 Å². The SMILES string of the molecule is CCCNC(=O)CCN(CCNC(=O)CCN(CCN)CCC(=O)NCCN(CCCOC)CCC(=O)NCCO)CCC(N)=O. The molecule has 0 aliphatic carbocycles. The van der Waals surface area contributed by atoms with Crippen molar-refractivity contribution < 1.29 is 33.8 Å². The van der Waals surface area contributed by atoms with Crippen LogP contribution in [0.3, 0.4) is 0 Å². The Balaban J connectivity index is 4.53. The summed E-state index contributed by atoms with van der Waals surface area (Å²) in [6, 6.07) is 0. The van der Waals surface area contributed by atoms with Gasteiger partial charge in [0.2, 0.25) is 29.5 Å². The van der Waals surface area contributed by atoms with Gasteiger partial charge in [0.1, 0.15) is 0 Å². The first-order valence-electron chi connectivity index (χ1n) is 16.5. The monoisotopic (exact) mass is 659 g/mol. The zero-order valence-electron chi connectivity index (χ0n) is 28.2. The van der Waals surface area contributed by atoms with Crippen molar-refractivity contribution in [2.75, 3.05) is 112 Å². The van der Waals surface area contributed by atoms with Gasteiger partial charge in [-0.3, -0.25) is 24.0 Å². The maximum Gasteiger partial charge on any atom is 0.221 e. The minimum atomic E-state index is -0.422. The molecule has 0 spiro atoms. The number of methoxy groups -OCH3 is 1.